The van der Waals surface area contributed by atoms with E-state index >= 15 is 0 Å². The van der Waals surface area contributed by atoms with E-state index in [2.05, 4.69) is 29.1 Å². The van der Waals surface area contributed by atoms with Gasteiger partial charge in [-0.15, -0.1) is 0 Å². The molecule has 1 N–H and O–H groups in total. The Morgan fingerprint density at radius 3 is 2.78 bits per heavy atom. The van der Waals surface area contributed by atoms with E-state index in [4.69, 9.17) is 0 Å². The normalized spacial score (nSPS) is 11.9. The van der Waals surface area contributed by atoms with E-state index in [1.807, 2.05) is 6.20 Å². The van der Waals surface area contributed by atoms with Crippen molar-refractivity contribution < 1.29 is 8.42 Å². The van der Waals surface area contributed by atoms with Gasteiger partial charge in [0.25, 0.3) is 0 Å². The lowest BCUT2D eigenvalue weighted by Gasteiger charge is -2.03. The number of aromatic nitrogens is 1. The van der Waals surface area contributed by atoms with Crippen molar-refractivity contribution in [3.8, 4) is 0 Å². The maximum atomic E-state index is 11.3. The zero-order valence-electron chi connectivity index (χ0n) is 11.4. The van der Waals surface area contributed by atoms with Gasteiger partial charge in [0.2, 0.25) is 0 Å². The van der Waals surface area contributed by atoms with Crippen LogP contribution in [0.25, 0.3) is 0 Å². The van der Waals surface area contributed by atoms with Crippen LogP contribution in [0.4, 0.5) is 0 Å². The molecular weight excluding hydrogens is 248 g/mol. The second-order valence-electron chi connectivity index (χ2n) is 4.52. The third-order valence-electron chi connectivity index (χ3n) is 2.88. The number of sulfone groups is 1. The minimum Gasteiger partial charge on any atom is -0.354 e. The van der Waals surface area contributed by atoms with Crippen molar-refractivity contribution in [1.29, 1.82) is 0 Å². The lowest BCUT2D eigenvalue weighted by atomic mass is 10.3. The summed E-state index contributed by atoms with van der Waals surface area (Å²) in [5.74, 6) is 0.524. The Hall–Kier alpha value is -0.810. The summed E-state index contributed by atoms with van der Waals surface area (Å²) in [6.45, 7) is 6.52. The van der Waals surface area contributed by atoms with Crippen LogP contribution < -0.4 is 5.32 Å². The summed E-state index contributed by atoms with van der Waals surface area (Å²) in [5.41, 5.74) is 1.25. The largest absolute Gasteiger partial charge is 0.354 e. The van der Waals surface area contributed by atoms with Crippen LogP contribution in [-0.4, -0.2) is 31.0 Å². The highest BCUT2D eigenvalue weighted by molar-refractivity contribution is 7.91. The quantitative estimate of drug-likeness (QED) is 0.698. The molecule has 0 bridgehead atoms. The zero-order chi connectivity index (χ0) is 13.4. The van der Waals surface area contributed by atoms with Crippen molar-refractivity contribution in [1.82, 2.24) is 9.88 Å². The molecule has 0 unspecified atom stereocenters. The lowest BCUT2D eigenvalue weighted by Crippen LogP contribution is -2.13. The molecule has 0 spiro atoms. The third-order valence-corrected chi connectivity index (χ3v) is 4.67. The van der Waals surface area contributed by atoms with Crippen LogP contribution in [0.5, 0.6) is 0 Å². The molecule has 1 heterocycles. The van der Waals surface area contributed by atoms with Crippen LogP contribution >= 0.6 is 0 Å². The van der Waals surface area contributed by atoms with Crippen molar-refractivity contribution >= 4 is 9.84 Å². The highest BCUT2D eigenvalue weighted by Gasteiger charge is 2.06. The lowest BCUT2D eigenvalue weighted by molar-refractivity contribution is 0.587. The molecule has 5 heteroatoms. The Morgan fingerprint density at radius 2 is 2.11 bits per heavy atom. The summed E-state index contributed by atoms with van der Waals surface area (Å²) in [6.07, 6.45) is 5.92. The number of aryl methyl sites for hydroxylation is 1. The molecule has 1 aromatic heterocycles. The summed E-state index contributed by atoms with van der Waals surface area (Å²) in [4.78, 5) is 0. The maximum Gasteiger partial charge on any atom is 0.150 e. The molecule has 4 nitrogen and oxygen atoms in total. The van der Waals surface area contributed by atoms with E-state index in [1.165, 1.54) is 5.56 Å². The minimum absolute atomic E-state index is 0.241. The molecule has 0 amide bonds. The van der Waals surface area contributed by atoms with Crippen LogP contribution in [-0.2, 0) is 22.9 Å². The van der Waals surface area contributed by atoms with E-state index in [0.717, 1.165) is 26.1 Å². The van der Waals surface area contributed by atoms with Crippen molar-refractivity contribution in [2.45, 2.75) is 39.8 Å². The van der Waals surface area contributed by atoms with Gasteiger partial charge < -0.3 is 9.88 Å². The number of nitrogens with zero attached hydrogens (tertiary/aromatic N) is 1. The van der Waals surface area contributed by atoms with Gasteiger partial charge in [0.1, 0.15) is 9.84 Å². The Morgan fingerprint density at radius 1 is 1.33 bits per heavy atom. The first kappa shape index (κ1) is 15.2. The van der Waals surface area contributed by atoms with Gasteiger partial charge in [0, 0.05) is 31.2 Å². The Bertz CT molecular complexity index is 438. The average molecular weight is 272 g/mol. The molecule has 0 saturated carbocycles. The number of hydrogen-bond donors (Lipinski definition) is 1. The summed E-state index contributed by atoms with van der Waals surface area (Å²) >= 11 is 0. The third kappa shape index (κ3) is 5.69. The minimum atomic E-state index is -2.83. The summed E-state index contributed by atoms with van der Waals surface area (Å²) in [5, 5.41) is 3.34. The molecular formula is C13H24N2O2S. The van der Waals surface area contributed by atoms with Gasteiger partial charge in [0.15, 0.2) is 0 Å². The first-order chi connectivity index (χ1) is 8.57. The Labute approximate surface area is 110 Å². The molecule has 0 aromatic carbocycles. The second kappa shape index (κ2) is 7.59. The highest BCUT2D eigenvalue weighted by atomic mass is 32.2. The number of rotatable bonds is 9. The van der Waals surface area contributed by atoms with Gasteiger partial charge in [-0.25, -0.2) is 8.42 Å². The van der Waals surface area contributed by atoms with Crippen molar-refractivity contribution in [2.75, 3.05) is 18.1 Å². The fourth-order valence-electron chi connectivity index (χ4n) is 1.76. The van der Waals surface area contributed by atoms with Gasteiger partial charge in [-0.05, 0) is 31.0 Å². The van der Waals surface area contributed by atoms with Crippen LogP contribution in [0.2, 0.25) is 0 Å². The first-order valence-electron chi connectivity index (χ1n) is 6.63. The molecule has 0 atom stereocenters. The van der Waals surface area contributed by atoms with E-state index in [1.54, 1.807) is 6.92 Å². The predicted octanol–water partition coefficient (Wildman–Crippen LogP) is 1.81. The first-order valence-corrected chi connectivity index (χ1v) is 8.45. The topological polar surface area (TPSA) is 51.1 Å². The molecule has 1 rings (SSSR count). The molecule has 1 aromatic rings. The highest BCUT2D eigenvalue weighted by Crippen LogP contribution is 2.03. The molecule has 104 valence electrons. The van der Waals surface area contributed by atoms with Crippen LogP contribution in [0.1, 0.15) is 32.3 Å². The second-order valence-corrected chi connectivity index (χ2v) is 7.00. The SMILES string of the molecule is CCCNCc1ccn(CCCS(=O)(=O)CC)c1. The summed E-state index contributed by atoms with van der Waals surface area (Å²) < 4.78 is 24.8. The fraction of sp³-hybridized carbons (Fsp3) is 0.692. The maximum absolute atomic E-state index is 11.3. The van der Waals surface area contributed by atoms with E-state index in [0.29, 0.717) is 6.42 Å². The monoisotopic (exact) mass is 272 g/mol. The summed E-state index contributed by atoms with van der Waals surface area (Å²) in [6, 6.07) is 2.08. The Balaban J connectivity index is 2.31. The Kier molecular flexibility index (Phi) is 6.43. The number of hydrogen-bond acceptors (Lipinski definition) is 3. The molecule has 0 saturated heterocycles. The van der Waals surface area contributed by atoms with E-state index in [-0.39, 0.29) is 11.5 Å². The van der Waals surface area contributed by atoms with Crippen molar-refractivity contribution in [3.63, 3.8) is 0 Å². The predicted molar refractivity (Wildman–Crippen MR) is 75.4 cm³/mol. The van der Waals surface area contributed by atoms with Crippen LogP contribution in [0.15, 0.2) is 18.5 Å². The standard InChI is InChI=1S/C13H24N2O2S/c1-3-7-14-11-13-6-9-15(12-13)8-5-10-18(16,17)4-2/h6,9,12,14H,3-5,7-8,10-11H2,1-2H3. The van der Waals surface area contributed by atoms with Gasteiger partial charge >= 0.3 is 0 Å². The molecule has 0 fully saturated rings. The molecule has 0 aliphatic carbocycles. The van der Waals surface area contributed by atoms with E-state index < -0.39 is 9.84 Å². The van der Waals surface area contributed by atoms with Gasteiger partial charge in [0.05, 0.1) is 5.75 Å². The summed E-state index contributed by atoms with van der Waals surface area (Å²) in [7, 11) is -2.83. The molecule has 18 heavy (non-hydrogen) atoms. The number of nitrogens with one attached hydrogen (secondary N) is 1. The van der Waals surface area contributed by atoms with Crippen LogP contribution in [0, 0.1) is 0 Å². The van der Waals surface area contributed by atoms with Crippen molar-refractivity contribution in [2.24, 2.45) is 0 Å². The molecule has 0 radical (unpaired) electrons. The van der Waals surface area contributed by atoms with E-state index in [9.17, 15) is 8.42 Å². The molecule has 0 aliphatic rings. The zero-order valence-corrected chi connectivity index (χ0v) is 12.2. The van der Waals surface area contributed by atoms with Gasteiger partial charge in [-0.1, -0.05) is 13.8 Å². The molecule has 0 aliphatic heterocycles. The van der Waals surface area contributed by atoms with Crippen molar-refractivity contribution in [3.05, 3.63) is 24.0 Å². The van der Waals surface area contributed by atoms with Gasteiger partial charge in [-0.3, -0.25) is 0 Å². The average Bonchev–Trinajstić information content (AvgIpc) is 2.77. The van der Waals surface area contributed by atoms with Crippen LogP contribution in [0.3, 0.4) is 0 Å². The van der Waals surface area contributed by atoms with Gasteiger partial charge in [-0.2, -0.15) is 0 Å². The fourth-order valence-corrected chi connectivity index (χ4v) is 2.61. The smallest absolute Gasteiger partial charge is 0.150 e.